The maximum atomic E-state index is 12.1. The molecule has 2 aromatic carbocycles. The molecule has 0 spiro atoms. The first-order valence-corrected chi connectivity index (χ1v) is 9.77. The first-order valence-electron chi connectivity index (χ1n) is 7.92. The topological polar surface area (TPSA) is 44.7 Å². The molecule has 0 aliphatic heterocycles. The second-order valence-corrected chi connectivity index (χ2v) is 7.96. The number of rotatable bonds is 7. The van der Waals surface area contributed by atoms with Gasteiger partial charge in [-0.2, -0.15) is 5.10 Å². The lowest BCUT2D eigenvalue weighted by Gasteiger charge is -2.14. The standard InChI is InChI=1S/C19H22BrN3OS/c1-14(25-13-15-7-5-4-6-8-15)19(24)22-21-12-16-9-10-18(23(2)3)17(20)11-16/h4-12,14H,13H2,1-3H3,(H,22,24)/b21-12-/t14-/m0/s1. The van der Waals surface area contributed by atoms with Crippen molar-refractivity contribution in [3.05, 3.63) is 64.1 Å². The zero-order chi connectivity index (χ0) is 18.2. The normalized spacial score (nSPS) is 12.2. The van der Waals surface area contributed by atoms with Gasteiger partial charge in [-0.3, -0.25) is 4.79 Å². The number of nitrogens with zero attached hydrogens (tertiary/aromatic N) is 2. The van der Waals surface area contributed by atoms with Gasteiger partial charge in [0.2, 0.25) is 0 Å². The number of nitrogens with one attached hydrogen (secondary N) is 1. The highest BCUT2D eigenvalue weighted by Gasteiger charge is 2.12. The van der Waals surface area contributed by atoms with Gasteiger partial charge in [0.15, 0.2) is 0 Å². The van der Waals surface area contributed by atoms with Crippen molar-refractivity contribution in [3.63, 3.8) is 0 Å². The van der Waals surface area contributed by atoms with Crippen LogP contribution in [-0.2, 0) is 10.5 Å². The molecule has 1 atom stereocenters. The average Bonchev–Trinajstić information content (AvgIpc) is 2.60. The smallest absolute Gasteiger partial charge is 0.252 e. The predicted molar refractivity (Wildman–Crippen MR) is 111 cm³/mol. The van der Waals surface area contributed by atoms with E-state index in [0.717, 1.165) is 21.5 Å². The number of thioether (sulfide) groups is 1. The van der Waals surface area contributed by atoms with Gasteiger partial charge in [0.25, 0.3) is 5.91 Å². The van der Waals surface area contributed by atoms with E-state index in [4.69, 9.17) is 0 Å². The van der Waals surface area contributed by atoms with Crippen molar-refractivity contribution in [1.29, 1.82) is 0 Å². The molecule has 0 aromatic heterocycles. The van der Waals surface area contributed by atoms with Crippen LogP contribution in [0.25, 0.3) is 0 Å². The highest BCUT2D eigenvalue weighted by Crippen LogP contribution is 2.25. The van der Waals surface area contributed by atoms with Gasteiger partial charge in [-0.25, -0.2) is 5.43 Å². The fraction of sp³-hybridized carbons (Fsp3) is 0.263. The lowest BCUT2D eigenvalue weighted by molar-refractivity contribution is -0.120. The van der Waals surface area contributed by atoms with Gasteiger partial charge in [-0.05, 0) is 46.1 Å². The first-order chi connectivity index (χ1) is 12.0. The Morgan fingerprint density at radius 2 is 2.00 bits per heavy atom. The van der Waals surface area contributed by atoms with E-state index < -0.39 is 0 Å². The summed E-state index contributed by atoms with van der Waals surface area (Å²) in [4.78, 5) is 14.1. The number of benzene rings is 2. The molecular formula is C19H22BrN3OS. The van der Waals surface area contributed by atoms with Crippen molar-refractivity contribution in [2.24, 2.45) is 5.10 Å². The molecule has 1 N–H and O–H groups in total. The molecule has 132 valence electrons. The Morgan fingerprint density at radius 3 is 2.64 bits per heavy atom. The molecule has 1 amide bonds. The van der Waals surface area contributed by atoms with Crippen LogP contribution in [0.15, 0.2) is 58.1 Å². The Bertz CT molecular complexity index is 735. The van der Waals surface area contributed by atoms with Crippen molar-refractivity contribution >= 4 is 45.5 Å². The van der Waals surface area contributed by atoms with Crippen LogP contribution in [0.5, 0.6) is 0 Å². The van der Waals surface area contributed by atoms with Gasteiger partial charge in [0, 0.05) is 24.3 Å². The van der Waals surface area contributed by atoms with Gasteiger partial charge >= 0.3 is 0 Å². The monoisotopic (exact) mass is 419 g/mol. The molecule has 0 saturated carbocycles. The van der Waals surface area contributed by atoms with Crippen LogP contribution < -0.4 is 10.3 Å². The minimum atomic E-state index is -0.166. The molecule has 0 aliphatic carbocycles. The Balaban J connectivity index is 1.84. The zero-order valence-corrected chi connectivity index (χ0v) is 17.0. The van der Waals surface area contributed by atoms with Gasteiger partial charge in [0.05, 0.1) is 17.2 Å². The van der Waals surface area contributed by atoms with Gasteiger partial charge in [-0.15, -0.1) is 11.8 Å². The van der Waals surface area contributed by atoms with E-state index in [1.807, 2.05) is 62.3 Å². The predicted octanol–water partition coefficient (Wildman–Crippen LogP) is 4.29. The molecule has 0 fully saturated rings. The van der Waals surface area contributed by atoms with Crippen LogP contribution in [0.4, 0.5) is 5.69 Å². The Hall–Kier alpha value is -1.79. The SMILES string of the molecule is C[C@H](SCc1ccccc1)C(=O)N/N=C\c1ccc(N(C)C)c(Br)c1. The summed E-state index contributed by atoms with van der Waals surface area (Å²) in [5, 5.41) is 3.89. The van der Waals surface area contributed by atoms with E-state index in [1.165, 1.54) is 5.56 Å². The van der Waals surface area contributed by atoms with Gasteiger partial charge in [0.1, 0.15) is 0 Å². The molecule has 2 aromatic rings. The summed E-state index contributed by atoms with van der Waals surface area (Å²) in [6, 6.07) is 16.1. The van der Waals surface area contributed by atoms with Crippen LogP contribution in [-0.4, -0.2) is 31.5 Å². The summed E-state index contributed by atoms with van der Waals surface area (Å²) < 4.78 is 0.986. The largest absolute Gasteiger partial charge is 0.377 e. The maximum absolute atomic E-state index is 12.1. The number of halogens is 1. The summed E-state index contributed by atoms with van der Waals surface area (Å²) in [5.74, 6) is 0.708. The van der Waals surface area contributed by atoms with Crippen molar-refractivity contribution in [3.8, 4) is 0 Å². The number of carbonyl (C=O) groups is 1. The van der Waals surface area contributed by atoms with Crippen LogP contribution in [0, 0.1) is 0 Å². The summed E-state index contributed by atoms with van der Waals surface area (Å²) in [6.45, 7) is 1.89. The molecule has 0 bridgehead atoms. The molecular weight excluding hydrogens is 398 g/mol. The number of amides is 1. The van der Waals surface area contributed by atoms with Crippen molar-refractivity contribution in [1.82, 2.24) is 5.43 Å². The Morgan fingerprint density at radius 1 is 1.28 bits per heavy atom. The average molecular weight is 420 g/mol. The maximum Gasteiger partial charge on any atom is 0.252 e. The van der Waals surface area contributed by atoms with Crippen LogP contribution >= 0.6 is 27.7 Å². The summed E-state index contributed by atoms with van der Waals surface area (Å²) >= 11 is 5.13. The zero-order valence-electron chi connectivity index (χ0n) is 14.6. The second-order valence-electron chi connectivity index (χ2n) is 5.78. The number of hydrogen-bond acceptors (Lipinski definition) is 4. The lowest BCUT2D eigenvalue weighted by Crippen LogP contribution is -2.27. The van der Waals surface area contributed by atoms with Crippen LogP contribution in [0.3, 0.4) is 0 Å². The highest BCUT2D eigenvalue weighted by atomic mass is 79.9. The third-order valence-electron chi connectivity index (χ3n) is 3.55. The van der Waals surface area contributed by atoms with Crippen LogP contribution in [0.2, 0.25) is 0 Å². The fourth-order valence-electron chi connectivity index (χ4n) is 2.10. The summed E-state index contributed by atoms with van der Waals surface area (Å²) in [5.41, 5.74) is 5.83. The minimum Gasteiger partial charge on any atom is -0.377 e. The van der Waals surface area contributed by atoms with E-state index >= 15 is 0 Å². The Kier molecular flexibility index (Phi) is 7.52. The van der Waals surface area contributed by atoms with Crippen molar-refractivity contribution in [2.75, 3.05) is 19.0 Å². The molecule has 4 nitrogen and oxygen atoms in total. The second kappa shape index (κ2) is 9.63. The number of hydrazone groups is 1. The third-order valence-corrected chi connectivity index (χ3v) is 5.40. The quantitative estimate of drug-likeness (QED) is 0.537. The highest BCUT2D eigenvalue weighted by molar-refractivity contribution is 9.10. The summed E-state index contributed by atoms with van der Waals surface area (Å²) in [6.07, 6.45) is 1.65. The van der Waals surface area contributed by atoms with Gasteiger partial charge < -0.3 is 4.90 Å². The van der Waals surface area contributed by atoms with Crippen molar-refractivity contribution in [2.45, 2.75) is 17.9 Å². The molecule has 0 heterocycles. The number of anilines is 1. The van der Waals surface area contributed by atoms with E-state index in [-0.39, 0.29) is 11.2 Å². The molecule has 0 radical (unpaired) electrons. The van der Waals surface area contributed by atoms with Crippen molar-refractivity contribution < 1.29 is 4.79 Å². The van der Waals surface area contributed by atoms with E-state index in [1.54, 1.807) is 18.0 Å². The van der Waals surface area contributed by atoms with E-state index in [2.05, 4.69) is 38.6 Å². The third kappa shape index (κ3) is 6.21. The minimum absolute atomic E-state index is 0.0961. The van der Waals surface area contributed by atoms with Crippen LogP contribution in [0.1, 0.15) is 18.1 Å². The van der Waals surface area contributed by atoms with Gasteiger partial charge in [-0.1, -0.05) is 36.4 Å². The Labute approximate surface area is 161 Å². The molecule has 0 unspecified atom stereocenters. The number of carbonyl (C=O) groups excluding carboxylic acids is 1. The summed E-state index contributed by atoms with van der Waals surface area (Å²) in [7, 11) is 3.98. The van der Waals surface area contributed by atoms with E-state index in [0.29, 0.717) is 0 Å². The molecule has 25 heavy (non-hydrogen) atoms. The first kappa shape index (κ1) is 19.5. The van der Waals surface area contributed by atoms with E-state index in [9.17, 15) is 4.79 Å². The molecule has 6 heteroatoms. The molecule has 0 saturated heterocycles. The number of hydrogen-bond donors (Lipinski definition) is 1. The molecule has 2 rings (SSSR count). The molecule has 0 aliphatic rings. The fourth-order valence-corrected chi connectivity index (χ4v) is 3.69. The lowest BCUT2D eigenvalue weighted by atomic mass is 10.2.